The molecule has 0 spiro atoms. The van der Waals surface area contributed by atoms with E-state index in [-0.39, 0.29) is 0 Å². The minimum atomic E-state index is 0.754. The van der Waals surface area contributed by atoms with Gasteiger partial charge in [-0.2, -0.15) is 0 Å². The number of likely N-dealkylation sites (tertiary alicyclic amines) is 1. The molecule has 106 valence electrons. The first-order valence-corrected chi connectivity index (χ1v) is 7.75. The molecule has 2 fully saturated rings. The molecule has 0 bridgehead atoms. The lowest BCUT2D eigenvalue weighted by atomic mass is 9.90. The molecular formula is C15H31N3. The van der Waals surface area contributed by atoms with E-state index < -0.39 is 0 Å². The van der Waals surface area contributed by atoms with Gasteiger partial charge in [-0.05, 0) is 45.8 Å². The average Bonchev–Trinajstić information content (AvgIpc) is 2.72. The zero-order chi connectivity index (χ0) is 13.1. The van der Waals surface area contributed by atoms with Crippen molar-refractivity contribution in [2.75, 3.05) is 33.7 Å². The molecule has 0 aromatic carbocycles. The zero-order valence-electron chi connectivity index (χ0n) is 12.7. The summed E-state index contributed by atoms with van der Waals surface area (Å²) in [6.45, 7) is 8.33. The Morgan fingerprint density at radius 1 is 1.22 bits per heavy atom. The molecule has 4 atom stereocenters. The van der Waals surface area contributed by atoms with Crippen LogP contribution in [0.3, 0.4) is 0 Å². The fourth-order valence-electron chi connectivity index (χ4n) is 3.93. The predicted octanol–water partition coefficient (Wildman–Crippen LogP) is 1.79. The van der Waals surface area contributed by atoms with E-state index in [0.717, 1.165) is 30.6 Å². The number of rotatable bonds is 4. The summed E-state index contributed by atoms with van der Waals surface area (Å²) < 4.78 is 0. The van der Waals surface area contributed by atoms with Crippen molar-refractivity contribution < 1.29 is 0 Å². The Balaban J connectivity index is 1.88. The van der Waals surface area contributed by atoms with Crippen LogP contribution in [0.2, 0.25) is 0 Å². The molecule has 2 aliphatic rings. The van der Waals surface area contributed by atoms with Crippen LogP contribution < -0.4 is 5.32 Å². The molecule has 1 aliphatic heterocycles. The molecule has 2 rings (SSSR count). The van der Waals surface area contributed by atoms with Gasteiger partial charge in [0.1, 0.15) is 0 Å². The second-order valence-electron chi connectivity index (χ2n) is 6.54. The summed E-state index contributed by atoms with van der Waals surface area (Å²) in [5.41, 5.74) is 0. The van der Waals surface area contributed by atoms with Crippen LogP contribution in [-0.2, 0) is 0 Å². The van der Waals surface area contributed by atoms with E-state index in [4.69, 9.17) is 0 Å². The van der Waals surface area contributed by atoms with E-state index >= 15 is 0 Å². The normalized spacial score (nSPS) is 38.5. The third kappa shape index (κ3) is 3.25. The summed E-state index contributed by atoms with van der Waals surface area (Å²) in [5, 5.41) is 3.65. The first-order chi connectivity index (χ1) is 8.61. The Morgan fingerprint density at radius 3 is 2.61 bits per heavy atom. The third-order valence-corrected chi connectivity index (χ3v) is 4.92. The number of nitrogens with one attached hydrogen (secondary N) is 1. The second-order valence-corrected chi connectivity index (χ2v) is 6.54. The largest absolute Gasteiger partial charge is 0.314 e. The van der Waals surface area contributed by atoms with Crippen molar-refractivity contribution in [3.63, 3.8) is 0 Å². The summed E-state index contributed by atoms with van der Waals surface area (Å²) in [6.07, 6.45) is 5.56. The molecular weight excluding hydrogens is 222 g/mol. The van der Waals surface area contributed by atoms with Crippen molar-refractivity contribution in [2.24, 2.45) is 5.92 Å². The van der Waals surface area contributed by atoms with Crippen LogP contribution in [0.4, 0.5) is 0 Å². The number of hydrogen-bond donors (Lipinski definition) is 1. The summed E-state index contributed by atoms with van der Waals surface area (Å²) in [7, 11) is 4.46. The van der Waals surface area contributed by atoms with Gasteiger partial charge in [0.25, 0.3) is 0 Å². The van der Waals surface area contributed by atoms with Crippen molar-refractivity contribution in [3.05, 3.63) is 0 Å². The molecule has 1 heterocycles. The van der Waals surface area contributed by atoms with Crippen molar-refractivity contribution in [1.82, 2.24) is 15.1 Å². The highest BCUT2D eigenvalue weighted by Crippen LogP contribution is 2.29. The van der Waals surface area contributed by atoms with Crippen molar-refractivity contribution >= 4 is 0 Å². The van der Waals surface area contributed by atoms with E-state index in [9.17, 15) is 0 Å². The monoisotopic (exact) mass is 253 g/mol. The molecule has 0 radical (unpaired) electrons. The van der Waals surface area contributed by atoms with Crippen LogP contribution in [0.25, 0.3) is 0 Å². The molecule has 4 unspecified atom stereocenters. The minimum Gasteiger partial charge on any atom is -0.314 e. The van der Waals surface area contributed by atoms with Gasteiger partial charge in [0, 0.05) is 31.2 Å². The number of likely N-dealkylation sites (N-methyl/N-ethyl adjacent to an activating group) is 1. The zero-order valence-corrected chi connectivity index (χ0v) is 12.7. The Hall–Kier alpha value is -0.120. The van der Waals surface area contributed by atoms with Crippen molar-refractivity contribution in [1.29, 1.82) is 0 Å². The highest BCUT2D eigenvalue weighted by atomic mass is 15.3. The lowest BCUT2D eigenvalue weighted by Crippen LogP contribution is -2.44. The molecule has 1 saturated carbocycles. The van der Waals surface area contributed by atoms with Gasteiger partial charge < -0.3 is 10.2 Å². The van der Waals surface area contributed by atoms with Gasteiger partial charge in [-0.1, -0.05) is 20.3 Å². The first-order valence-electron chi connectivity index (χ1n) is 7.75. The summed E-state index contributed by atoms with van der Waals surface area (Å²) in [6, 6.07) is 2.35. The van der Waals surface area contributed by atoms with Crippen LogP contribution in [0, 0.1) is 5.92 Å². The summed E-state index contributed by atoms with van der Waals surface area (Å²) in [5.74, 6) is 0.819. The van der Waals surface area contributed by atoms with E-state index in [0.29, 0.717) is 0 Å². The van der Waals surface area contributed by atoms with Crippen molar-refractivity contribution in [3.8, 4) is 0 Å². The molecule has 3 nitrogen and oxygen atoms in total. The highest BCUT2D eigenvalue weighted by Gasteiger charge is 2.36. The Labute approximate surface area is 113 Å². The fraction of sp³-hybridized carbons (Fsp3) is 1.00. The van der Waals surface area contributed by atoms with Gasteiger partial charge >= 0.3 is 0 Å². The highest BCUT2D eigenvalue weighted by molar-refractivity contribution is 4.92. The third-order valence-electron chi connectivity index (χ3n) is 4.92. The SMILES string of the molecule is CCNC1CCCC(N2CC(C)C(N(C)C)C2)C1. The maximum atomic E-state index is 3.65. The van der Waals surface area contributed by atoms with E-state index in [2.05, 4.69) is 43.1 Å². The van der Waals surface area contributed by atoms with Gasteiger partial charge in [0.15, 0.2) is 0 Å². The molecule has 0 aromatic heterocycles. The van der Waals surface area contributed by atoms with Crippen LogP contribution in [0.15, 0.2) is 0 Å². The van der Waals surface area contributed by atoms with E-state index in [1.54, 1.807) is 0 Å². The Bertz CT molecular complexity index is 252. The number of nitrogens with zero attached hydrogens (tertiary/aromatic N) is 2. The van der Waals surface area contributed by atoms with E-state index in [1.807, 2.05) is 0 Å². The lowest BCUT2D eigenvalue weighted by Gasteiger charge is -2.36. The lowest BCUT2D eigenvalue weighted by molar-refractivity contribution is 0.157. The summed E-state index contributed by atoms with van der Waals surface area (Å²) in [4.78, 5) is 5.17. The predicted molar refractivity (Wildman–Crippen MR) is 77.9 cm³/mol. The van der Waals surface area contributed by atoms with Gasteiger partial charge in [0.2, 0.25) is 0 Å². The Morgan fingerprint density at radius 2 is 2.00 bits per heavy atom. The van der Waals surface area contributed by atoms with Crippen molar-refractivity contribution in [2.45, 2.75) is 57.7 Å². The number of hydrogen-bond acceptors (Lipinski definition) is 3. The van der Waals surface area contributed by atoms with Crippen LogP contribution in [0.5, 0.6) is 0 Å². The molecule has 0 aromatic rings. The van der Waals surface area contributed by atoms with Crippen LogP contribution >= 0.6 is 0 Å². The average molecular weight is 253 g/mol. The standard InChI is InChI=1S/C15H31N3/c1-5-16-13-7-6-8-14(9-13)18-10-12(2)15(11-18)17(3)4/h12-16H,5-11H2,1-4H3. The molecule has 0 amide bonds. The molecule has 3 heteroatoms. The van der Waals surface area contributed by atoms with Gasteiger partial charge in [0.05, 0.1) is 0 Å². The minimum absolute atomic E-state index is 0.754. The molecule has 1 N–H and O–H groups in total. The molecule has 18 heavy (non-hydrogen) atoms. The summed E-state index contributed by atoms with van der Waals surface area (Å²) >= 11 is 0. The van der Waals surface area contributed by atoms with Gasteiger partial charge in [-0.15, -0.1) is 0 Å². The maximum absolute atomic E-state index is 3.65. The van der Waals surface area contributed by atoms with Crippen LogP contribution in [-0.4, -0.2) is 61.7 Å². The van der Waals surface area contributed by atoms with E-state index in [1.165, 1.54) is 38.8 Å². The van der Waals surface area contributed by atoms with Gasteiger partial charge in [-0.25, -0.2) is 0 Å². The quantitative estimate of drug-likeness (QED) is 0.824. The topological polar surface area (TPSA) is 18.5 Å². The molecule has 1 aliphatic carbocycles. The second kappa shape index (κ2) is 6.36. The molecule has 1 saturated heterocycles. The van der Waals surface area contributed by atoms with Crippen LogP contribution in [0.1, 0.15) is 39.5 Å². The van der Waals surface area contributed by atoms with Gasteiger partial charge in [-0.3, -0.25) is 4.90 Å². The fourth-order valence-corrected chi connectivity index (χ4v) is 3.93. The maximum Gasteiger partial charge on any atom is 0.0254 e. The first kappa shape index (κ1) is 14.3. The smallest absolute Gasteiger partial charge is 0.0254 e. The Kier molecular flexibility index (Phi) is 5.05.